The molecule has 0 saturated carbocycles. The van der Waals surface area contributed by atoms with E-state index in [4.69, 9.17) is 10.3 Å². The number of carbonyl (C=O) groups is 2. The molecule has 1 heterocycles. The molecule has 0 radical (unpaired) electrons. The Morgan fingerprint density at radius 1 is 1.30 bits per heavy atom. The molecule has 2 amide bonds. The van der Waals surface area contributed by atoms with Crippen LogP contribution in [-0.2, 0) is 9.53 Å². The molecule has 27 heavy (non-hydrogen) atoms. The zero-order chi connectivity index (χ0) is 19.4. The van der Waals surface area contributed by atoms with Crippen LogP contribution in [0.3, 0.4) is 0 Å². The summed E-state index contributed by atoms with van der Waals surface area (Å²) in [6.45, 7) is 1.97. The Balaban J connectivity index is 1.86. The highest BCUT2D eigenvalue weighted by Gasteiger charge is 2.37. The van der Waals surface area contributed by atoms with E-state index in [0.29, 0.717) is 5.69 Å². The van der Waals surface area contributed by atoms with E-state index in [1.807, 2.05) is 43.3 Å². The van der Waals surface area contributed by atoms with Crippen LogP contribution >= 0.6 is 0 Å². The van der Waals surface area contributed by atoms with Gasteiger partial charge in [0.2, 0.25) is 0 Å². The predicted octanol–water partition coefficient (Wildman–Crippen LogP) is 4.43. The van der Waals surface area contributed by atoms with Crippen molar-refractivity contribution in [1.82, 2.24) is 4.90 Å². The first-order valence-electron chi connectivity index (χ1n) is 8.48. The monoisotopic (exact) mass is 364 g/mol. The van der Waals surface area contributed by atoms with Crippen molar-refractivity contribution < 1.29 is 14.3 Å². The largest absolute Gasteiger partial charge is 0.446 e. The third-order valence-electron chi connectivity index (χ3n) is 4.55. The van der Waals surface area contributed by atoms with Gasteiger partial charge in [0.05, 0.1) is 5.69 Å². The van der Waals surface area contributed by atoms with Crippen LogP contribution < -0.4 is 5.32 Å². The van der Waals surface area contributed by atoms with Crippen molar-refractivity contribution in [3.63, 3.8) is 0 Å². The predicted molar refractivity (Wildman–Crippen MR) is 102 cm³/mol. The fraction of sp³-hybridized carbons (Fsp3) is 0.200. The number of hydrogen-bond acceptors (Lipinski definition) is 6. The first-order chi connectivity index (χ1) is 13.1. The highest BCUT2D eigenvalue weighted by atomic mass is 16.6. The lowest BCUT2D eigenvalue weighted by molar-refractivity contribution is -0.124. The van der Waals surface area contributed by atoms with E-state index in [2.05, 4.69) is 10.4 Å². The second kappa shape index (κ2) is 7.82. The Morgan fingerprint density at radius 2 is 2.04 bits per heavy atom. The number of imide groups is 1. The van der Waals surface area contributed by atoms with Gasteiger partial charge in [0, 0.05) is 13.1 Å². The maximum absolute atomic E-state index is 12.7. The Bertz CT molecular complexity index is 909. The molecule has 7 heteroatoms. The molecule has 1 fully saturated rings. The van der Waals surface area contributed by atoms with Crippen LogP contribution in [0.15, 0.2) is 53.7 Å². The van der Waals surface area contributed by atoms with E-state index in [0.717, 1.165) is 27.3 Å². The highest BCUT2D eigenvalue weighted by molar-refractivity contribution is 6.02. The zero-order valence-corrected chi connectivity index (χ0v) is 15.1. The van der Waals surface area contributed by atoms with Crippen LogP contribution in [0.5, 0.6) is 0 Å². The van der Waals surface area contributed by atoms with Crippen molar-refractivity contribution >= 4 is 29.5 Å². The second-order valence-corrected chi connectivity index (χ2v) is 6.08. The van der Waals surface area contributed by atoms with E-state index in [1.165, 1.54) is 6.08 Å². The summed E-state index contributed by atoms with van der Waals surface area (Å²) in [7, 11) is 1.76. The summed E-state index contributed by atoms with van der Waals surface area (Å²) in [4.78, 5) is 25.9. The van der Waals surface area contributed by atoms with Gasteiger partial charge in [-0.05, 0) is 35.8 Å². The maximum atomic E-state index is 12.7. The standard InChI is InChI=1S/C20H20N4O3/c1-13-14(8-10-16(22-2)19(13)23-21)9-11-18(25)24-17(12-27-20(24)26)15-6-4-3-5-7-15/h3-11,17,21-22H,12H2,1-2H3/b11-9+,23-21?/t17-/m1/s1. The van der Waals surface area contributed by atoms with E-state index in [1.54, 1.807) is 19.2 Å². The molecule has 0 spiro atoms. The van der Waals surface area contributed by atoms with E-state index >= 15 is 0 Å². The number of amides is 2. The van der Waals surface area contributed by atoms with Gasteiger partial charge in [-0.3, -0.25) is 4.79 Å². The number of benzene rings is 2. The van der Waals surface area contributed by atoms with E-state index < -0.39 is 18.0 Å². The van der Waals surface area contributed by atoms with Gasteiger partial charge in [0.25, 0.3) is 5.91 Å². The van der Waals surface area contributed by atoms with Gasteiger partial charge in [-0.1, -0.05) is 36.4 Å². The Hall–Kier alpha value is -3.48. The lowest BCUT2D eigenvalue weighted by Crippen LogP contribution is -2.32. The number of anilines is 1. The van der Waals surface area contributed by atoms with Crippen molar-refractivity contribution in [3.05, 3.63) is 65.2 Å². The number of nitrogens with zero attached hydrogens (tertiary/aromatic N) is 2. The fourth-order valence-electron chi connectivity index (χ4n) is 3.07. The minimum atomic E-state index is -0.650. The summed E-state index contributed by atoms with van der Waals surface area (Å²) < 4.78 is 5.08. The Kier molecular flexibility index (Phi) is 5.30. The number of hydrogen-bond donors (Lipinski definition) is 2. The number of cyclic esters (lactones) is 1. The van der Waals surface area contributed by atoms with Crippen LogP contribution in [0.25, 0.3) is 6.08 Å². The van der Waals surface area contributed by atoms with Gasteiger partial charge in [-0.25, -0.2) is 15.2 Å². The van der Waals surface area contributed by atoms with Crippen LogP contribution in [-0.4, -0.2) is 30.6 Å². The summed E-state index contributed by atoms with van der Waals surface area (Å²) in [5.74, 6) is -0.451. The van der Waals surface area contributed by atoms with Gasteiger partial charge < -0.3 is 10.1 Å². The van der Waals surface area contributed by atoms with Gasteiger partial charge in [0.15, 0.2) is 0 Å². The average molecular weight is 364 g/mol. The molecule has 2 N–H and O–H groups in total. The van der Waals surface area contributed by atoms with Crippen molar-refractivity contribution in [3.8, 4) is 0 Å². The summed E-state index contributed by atoms with van der Waals surface area (Å²) in [5.41, 5.74) is 11.0. The molecule has 138 valence electrons. The fourth-order valence-corrected chi connectivity index (χ4v) is 3.07. The Morgan fingerprint density at radius 3 is 2.70 bits per heavy atom. The highest BCUT2D eigenvalue weighted by Crippen LogP contribution is 2.32. The average Bonchev–Trinajstić information content (AvgIpc) is 3.08. The quantitative estimate of drug-likeness (QED) is 0.606. The molecule has 1 saturated heterocycles. The maximum Gasteiger partial charge on any atom is 0.417 e. The molecule has 2 aromatic rings. The molecule has 0 unspecified atom stereocenters. The molecule has 0 bridgehead atoms. The summed E-state index contributed by atoms with van der Waals surface area (Å²) in [6, 6.07) is 12.5. The summed E-state index contributed by atoms with van der Waals surface area (Å²) in [6.07, 6.45) is 2.32. The molecule has 7 nitrogen and oxygen atoms in total. The second-order valence-electron chi connectivity index (χ2n) is 6.08. The topological polar surface area (TPSA) is 94.8 Å². The summed E-state index contributed by atoms with van der Waals surface area (Å²) >= 11 is 0. The molecule has 0 aliphatic carbocycles. The molecular weight excluding hydrogens is 344 g/mol. The normalized spacial score (nSPS) is 16.4. The number of nitrogens with one attached hydrogen (secondary N) is 2. The smallest absolute Gasteiger partial charge is 0.417 e. The minimum Gasteiger partial charge on any atom is -0.446 e. The molecule has 1 aliphatic rings. The minimum absolute atomic E-state index is 0.139. The van der Waals surface area contributed by atoms with Crippen molar-refractivity contribution in [2.24, 2.45) is 5.11 Å². The molecule has 1 aliphatic heterocycles. The van der Waals surface area contributed by atoms with Crippen molar-refractivity contribution in [2.75, 3.05) is 19.0 Å². The summed E-state index contributed by atoms with van der Waals surface area (Å²) in [5, 5.41) is 6.53. The Labute approximate surface area is 157 Å². The van der Waals surface area contributed by atoms with E-state index in [-0.39, 0.29) is 6.61 Å². The van der Waals surface area contributed by atoms with Crippen LogP contribution in [0.2, 0.25) is 0 Å². The number of rotatable bonds is 5. The first-order valence-corrected chi connectivity index (χ1v) is 8.48. The van der Waals surface area contributed by atoms with Gasteiger partial charge in [0.1, 0.15) is 18.3 Å². The van der Waals surface area contributed by atoms with Crippen molar-refractivity contribution in [1.29, 1.82) is 5.53 Å². The van der Waals surface area contributed by atoms with Crippen LogP contribution in [0.1, 0.15) is 22.7 Å². The van der Waals surface area contributed by atoms with Crippen LogP contribution in [0.4, 0.5) is 16.2 Å². The molecule has 0 aromatic heterocycles. The molecule has 2 aromatic carbocycles. The number of ether oxygens (including phenoxy) is 1. The van der Waals surface area contributed by atoms with Crippen molar-refractivity contribution in [2.45, 2.75) is 13.0 Å². The molecule has 3 rings (SSSR count). The van der Waals surface area contributed by atoms with E-state index in [9.17, 15) is 9.59 Å². The molecular formula is C20H20N4O3. The van der Waals surface area contributed by atoms with Gasteiger partial charge >= 0.3 is 6.09 Å². The third kappa shape index (κ3) is 3.57. The third-order valence-corrected chi connectivity index (χ3v) is 4.55. The lowest BCUT2D eigenvalue weighted by Gasteiger charge is -2.18. The SMILES string of the molecule is CNc1ccc(/C=C/C(=O)N2C(=O)OC[C@@H]2c2ccccc2)c(C)c1N=N. The first kappa shape index (κ1) is 18.3. The number of carbonyl (C=O) groups excluding carboxylic acids is 2. The zero-order valence-electron chi connectivity index (χ0n) is 15.1. The lowest BCUT2D eigenvalue weighted by atomic mass is 10.0. The van der Waals surface area contributed by atoms with Gasteiger partial charge in [-0.2, -0.15) is 5.11 Å². The molecule has 1 atom stereocenters. The van der Waals surface area contributed by atoms with Crippen LogP contribution in [0, 0.1) is 12.5 Å². The van der Waals surface area contributed by atoms with Gasteiger partial charge in [-0.15, -0.1) is 0 Å².